The molecule has 1 aliphatic rings. The number of rotatable bonds is 2. The van der Waals surface area contributed by atoms with Gasteiger partial charge < -0.3 is 0 Å². The van der Waals surface area contributed by atoms with Gasteiger partial charge in [-0.15, -0.1) is 11.3 Å². The largest absolute Gasteiger partial charge is 0.287 e. The molecule has 2 aromatic rings. The van der Waals surface area contributed by atoms with Crippen molar-refractivity contribution in [2.24, 2.45) is 0 Å². The summed E-state index contributed by atoms with van der Waals surface area (Å²) in [6, 6.07) is 3.82. The van der Waals surface area contributed by atoms with Crippen molar-refractivity contribution >= 4 is 35.0 Å². The van der Waals surface area contributed by atoms with E-state index in [0.29, 0.717) is 13.0 Å². The van der Waals surface area contributed by atoms with Crippen LogP contribution in [0.1, 0.15) is 6.42 Å². The summed E-state index contributed by atoms with van der Waals surface area (Å²) < 4.78 is 0. The second-order valence-electron chi connectivity index (χ2n) is 4.11. The second-order valence-corrected chi connectivity index (χ2v) is 5.68. The average Bonchev–Trinajstić information content (AvgIpc) is 2.97. The van der Waals surface area contributed by atoms with E-state index in [1.807, 2.05) is 17.5 Å². The highest BCUT2D eigenvalue weighted by molar-refractivity contribution is 7.81. The molecule has 1 aliphatic heterocycles. The molecule has 1 amide bonds. The first-order chi connectivity index (χ1) is 8.74. The monoisotopic (exact) mass is 277 g/mol. The van der Waals surface area contributed by atoms with E-state index in [9.17, 15) is 4.79 Å². The zero-order chi connectivity index (χ0) is 12.5. The molecule has 0 aliphatic carbocycles. The average molecular weight is 277 g/mol. The molecule has 0 N–H and O–H groups in total. The Morgan fingerprint density at radius 3 is 2.83 bits per heavy atom. The first-order valence-electron chi connectivity index (χ1n) is 5.58. The van der Waals surface area contributed by atoms with E-state index in [4.69, 9.17) is 0 Å². The third-order valence-corrected chi connectivity index (χ3v) is 4.01. The summed E-state index contributed by atoms with van der Waals surface area (Å²) in [7, 11) is 0. The summed E-state index contributed by atoms with van der Waals surface area (Å²) >= 11 is 5.83. The van der Waals surface area contributed by atoms with Crippen molar-refractivity contribution in [2.75, 3.05) is 11.4 Å². The molecule has 0 radical (unpaired) electrons. The molecule has 0 saturated carbocycles. The predicted molar refractivity (Wildman–Crippen MR) is 75.1 cm³/mol. The lowest BCUT2D eigenvalue weighted by molar-refractivity contribution is -0.117. The molecular weight excluding hydrogens is 266 g/mol. The van der Waals surface area contributed by atoms with Crippen LogP contribution >= 0.6 is 24.0 Å². The molecule has 1 saturated heterocycles. The van der Waals surface area contributed by atoms with Crippen molar-refractivity contribution in [1.29, 1.82) is 0 Å². The molecule has 1 unspecified atom stereocenters. The lowest BCUT2D eigenvalue weighted by atomic mass is 10.2. The van der Waals surface area contributed by atoms with Crippen molar-refractivity contribution in [3.8, 4) is 11.3 Å². The summed E-state index contributed by atoms with van der Waals surface area (Å²) in [5.41, 5.74) is 1.90. The summed E-state index contributed by atoms with van der Waals surface area (Å²) in [5, 5.41) is 2.83. The van der Waals surface area contributed by atoms with E-state index >= 15 is 0 Å². The van der Waals surface area contributed by atoms with Gasteiger partial charge in [0.1, 0.15) is 0 Å². The number of carbonyl (C=O) groups excluding carboxylic acids is 1. The fourth-order valence-electron chi connectivity index (χ4n) is 1.92. The predicted octanol–water partition coefficient (Wildman–Crippen LogP) is 2.24. The molecule has 1 atom stereocenters. The minimum absolute atomic E-state index is 0.102. The quantitative estimate of drug-likeness (QED) is 0.856. The lowest BCUT2D eigenvalue weighted by Gasteiger charge is -2.10. The molecule has 92 valence electrons. The minimum Gasteiger partial charge on any atom is -0.287 e. The Morgan fingerprint density at radius 1 is 1.39 bits per heavy atom. The number of hydrogen-bond acceptors (Lipinski definition) is 5. The van der Waals surface area contributed by atoms with Crippen LogP contribution in [0.15, 0.2) is 29.9 Å². The highest BCUT2D eigenvalue weighted by Crippen LogP contribution is 2.30. The SMILES string of the molecule is O=C1CC(S)CN1c1nc(-c2ccncc2)cs1. The molecule has 2 aromatic heterocycles. The normalized spacial score (nSPS) is 19.5. The summed E-state index contributed by atoms with van der Waals surface area (Å²) in [4.78, 5) is 22.0. The maximum absolute atomic E-state index is 11.8. The molecule has 4 nitrogen and oxygen atoms in total. The van der Waals surface area contributed by atoms with E-state index in [1.54, 1.807) is 17.3 Å². The van der Waals surface area contributed by atoms with Gasteiger partial charge in [0.2, 0.25) is 5.91 Å². The number of carbonyl (C=O) groups is 1. The van der Waals surface area contributed by atoms with E-state index in [-0.39, 0.29) is 11.2 Å². The van der Waals surface area contributed by atoms with Gasteiger partial charge in [0.15, 0.2) is 5.13 Å². The Balaban J connectivity index is 1.88. The van der Waals surface area contributed by atoms with Crippen LogP contribution in [-0.4, -0.2) is 27.7 Å². The van der Waals surface area contributed by atoms with Crippen LogP contribution in [0.4, 0.5) is 5.13 Å². The number of thiazole rings is 1. The van der Waals surface area contributed by atoms with Crippen LogP contribution in [0.2, 0.25) is 0 Å². The first kappa shape index (κ1) is 11.7. The topological polar surface area (TPSA) is 46.1 Å². The number of amides is 1. The number of nitrogens with zero attached hydrogens (tertiary/aromatic N) is 3. The molecule has 0 spiro atoms. The van der Waals surface area contributed by atoms with Crippen LogP contribution in [0, 0.1) is 0 Å². The smallest absolute Gasteiger partial charge is 0.229 e. The van der Waals surface area contributed by atoms with E-state index in [1.165, 1.54) is 11.3 Å². The molecule has 3 heterocycles. The zero-order valence-corrected chi connectivity index (χ0v) is 11.2. The van der Waals surface area contributed by atoms with Crippen LogP contribution in [0.5, 0.6) is 0 Å². The van der Waals surface area contributed by atoms with Gasteiger partial charge in [0.05, 0.1) is 5.69 Å². The molecule has 6 heteroatoms. The van der Waals surface area contributed by atoms with Gasteiger partial charge >= 0.3 is 0 Å². The zero-order valence-electron chi connectivity index (χ0n) is 9.48. The van der Waals surface area contributed by atoms with Gasteiger partial charge in [0, 0.05) is 41.6 Å². The van der Waals surface area contributed by atoms with Crippen LogP contribution in [0.25, 0.3) is 11.3 Å². The molecule has 18 heavy (non-hydrogen) atoms. The van der Waals surface area contributed by atoms with Gasteiger partial charge in [0.25, 0.3) is 0 Å². The van der Waals surface area contributed by atoms with Crippen molar-refractivity contribution < 1.29 is 4.79 Å². The first-order valence-corrected chi connectivity index (χ1v) is 6.98. The molecule has 0 aromatic carbocycles. The van der Waals surface area contributed by atoms with Gasteiger partial charge in [-0.25, -0.2) is 4.98 Å². The second kappa shape index (κ2) is 4.70. The Hall–Kier alpha value is -1.40. The maximum atomic E-state index is 11.8. The molecule has 3 rings (SSSR count). The van der Waals surface area contributed by atoms with E-state index < -0.39 is 0 Å². The summed E-state index contributed by atoms with van der Waals surface area (Å²) in [6.45, 7) is 0.644. The Kier molecular flexibility index (Phi) is 3.05. The van der Waals surface area contributed by atoms with Gasteiger partial charge in [-0.3, -0.25) is 14.7 Å². The lowest BCUT2D eigenvalue weighted by Crippen LogP contribution is -2.24. The fraction of sp³-hybridized carbons (Fsp3) is 0.250. The molecular formula is C12H11N3OS2. The highest BCUT2D eigenvalue weighted by atomic mass is 32.1. The highest BCUT2D eigenvalue weighted by Gasteiger charge is 2.30. The summed E-state index contributed by atoms with van der Waals surface area (Å²) in [5.74, 6) is 0.102. The Morgan fingerprint density at radius 2 is 2.17 bits per heavy atom. The number of anilines is 1. The third-order valence-electron chi connectivity index (χ3n) is 2.80. The van der Waals surface area contributed by atoms with E-state index in [0.717, 1.165) is 16.4 Å². The van der Waals surface area contributed by atoms with Crippen LogP contribution < -0.4 is 4.90 Å². The minimum atomic E-state index is 0.102. The van der Waals surface area contributed by atoms with Crippen LogP contribution in [0.3, 0.4) is 0 Å². The maximum Gasteiger partial charge on any atom is 0.229 e. The van der Waals surface area contributed by atoms with Crippen LogP contribution in [-0.2, 0) is 4.79 Å². The van der Waals surface area contributed by atoms with Gasteiger partial charge in [-0.1, -0.05) is 0 Å². The van der Waals surface area contributed by atoms with Gasteiger partial charge in [-0.05, 0) is 12.1 Å². The van der Waals surface area contributed by atoms with Crippen molar-refractivity contribution in [3.05, 3.63) is 29.9 Å². The number of thiol groups is 1. The van der Waals surface area contributed by atoms with Gasteiger partial charge in [-0.2, -0.15) is 12.6 Å². The standard InChI is InChI=1S/C12H11N3OS2/c16-11-5-9(17)6-15(11)12-14-10(7-18-12)8-1-3-13-4-2-8/h1-4,7,9,17H,5-6H2. The Labute approximate surface area is 114 Å². The summed E-state index contributed by atoms with van der Waals surface area (Å²) in [6.07, 6.45) is 3.96. The van der Waals surface area contributed by atoms with Crippen molar-refractivity contribution in [3.63, 3.8) is 0 Å². The van der Waals surface area contributed by atoms with E-state index in [2.05, 4.69) is 22.6 Å². The molecule has 1 fully saturated rings. The number of hydrogen-bond donors (Lipinski definition) is 1. The number of aromatic nitrogens is 2. The Bertz CT molecular complexity index is 570. The van der Waals surface area contributed by atoms with Crippen molar-refractivity contribution in [1.82, 2.24) is 9.97 Å². The van der Waals surface area contributed by atoms with Crippen molar-refractivity contribution in [2.45, 2.75) is 11.7 Å². The number of pyridine rings is 1. The fourth-order valence-corrected chi connectivity index (χ4v) is 3.10. The molecule has 0 bridgehead atoms. The third kappa shape index (κ3) is 2.13.